The lowest BCUT2D eigenvalue weighted by Crippen LogP contribution is -2.28. The van der Waals surface area contributed by atoms with E-state index in [4.69, 9.17) is 4.74 Å². The van der Waals surface area contributed by atoms with Crippen molar-refractivity contribution in [3.05, 3.63) is 28.8 Å². The Bertz CT molecular complexity index is 373. The molecule has 1 N–H and O–H groups in total. The Balaban J connectivity index is 2.40. The summed E-state index contributed by atoms with van der Waals surface area (Å²) in [5, 5.41) is 3.47. The van der Waals surface area contributed by atoms with E-state index in [1.165, 1.54) is 16.7 Å². The van der Waals surface area contributed by atoms with Gasteiger partial charge in [-0.3, -0.25) is 0 Å². The maximum absolute atomic E-state index is 5.85. The quantitative estimate of drug-likeness (QED) is 0.801. The highest BCUT2D eigenvalue weighted by Crippen LogP contribution is 2.38. The average molecular weight is 205 g/mol. The second kappa shape index (κ2) is 3.86. The van der Waals surface area contributed by atoms with Crippen LogP contribution in [0.25, 0.3) is 0 Å². The minimum Gasteiger partial charge on any atom is -0.488 e. The molecule has 1 aromatic rings. The van der Waals surface area contributed by atoms with Crippen LogP contribution in [0.2, 0.25) is 0 Å². The standard InChI is InChI=1S/C13H19NO/c1-5-14-13-10(4)15-12-7-9(3)8(2)6-11(12)13/h6-7,10,13-14H,5H2,1-4H3. The third-order valence-electron chi connectivity index (χ3n) is 3.17. The second-order valence-corrected chi connectivity index (χ2v) is 4.33. The van der Waals surface area contributed by atoms with Crippen molar-refractivity contribution >= 4 is 0 Å². The van der Waals surface area contributed by atoms with Crippen molar-refractivity contribution in [1.29, 1.82) is 0 Å². The SMILES string of the molecule is CCNC1c2cc(C)c(C)cc2OC1C. The van der Waals surface area contributed by atoms with Gasteiger partial charge in [0.2, 0.25) is 0 Å². The number of fused-ring (bicyclic) bond motifs is 1. The van der Waals surface area contributed by atoms with Gasteiger partial charge in [-0.15, -0.1) is 0 Å². The monoisotopic (exact) mass is 205 g/mol. The van der Waals surface area contributed by atoms with E-state index >= 15 is 0 Å². The van der Waals surface area contributed by atoms with Crippen molar-refractivity contribution in [3.63, 3.8) is 0 Å². The van der Waals surface area contributed by atoms with Crippen molar-refractivity contribution in [1.82, 2.24) is 5.32 Å². The normalized spacial score (nSPS) is 23.7. The molecule has 82 valence electrons. The fourth-order valence-corrected chi connectivity index (χ4v) is 2.17. The molecule has 15 heavy (non-hydrogen) atoms. The maximum atomic E-state index is 5.85. The van der Waals surface area contributed by atoms with Crippen LogP contribution >= 0.6 is 0 Å². The molecule has 1 aliphatic heterocycles. The van der Waals surface area contributed by atoms with Crippen LogP contribution in [-0.2, 0) is 0 Å². The lowest BCUT2D eigenvalue weighted by Gasteiger charge is -2.15. The third kappa shape index (κ3) is 1.74. The first-order chi connectivity index (χ1) is 7.13. The van der Waals surface area contributed by atoms with E-state index < -0.39 is 0 Å². The zero-order chi connectivity index (χ0) is 11.0. The van der Waals surface area contributed by atoms with Gasteiger partial charge in [0, 0.05) is 5.56 Å². The van der Waals surface area contributed by atoms with E-state index in [0.717, 1.165) is 12.3 Å². The Morgan fingerprint density at radius 2 is 1.93 bits per heavy atom. The van der Waals surface area contributed by atoms with Crippen LogP contribution in [0.5, 0.6) is 5.75 Å². The number of rotatable bonds is 2. The minimum atomic E-state index is 0.237. The Morgan fingerprint density at radius 1 is 1.27 bits per heavy atom. The zero-order valence-electron chi connectivity index (χ0n) is 9.92. The summed E-state index contributed by atoms with van der Waals surface area (Å²) in [6.45, 7) is 9.51. The van der Waals surface area contributed by atoms with Crippen molar-refractivity contribution < 1.29 is 4.74 Å². The van der Waals surface area contributed by atoms with Crippen LogP contribution in [-0.4, -0.2) is 12.6 Å². The zero-order valence-corrected chi connectivity index (χ0v) is 9.92. The summed E-state index contributed by atoms with van der Waals surface area (Å²) in [6, 6.07) is 4.75. The first kappa shape index (κ1) is 10.5. The molecule has 0 spiro atoms. The highest BCUT2D eigenvalue weighted by molar-refractivity contribution is 5.46. The van der Waals surface area contributed by atoms with Gasteiger partial charge in [-0.1, -0.05) is 13.0 Å². The molecule has 1 aliphatic rings. The molecular formula is C13H19NO. The molecule has 1 heterocycles. The van der Waals surface area contributed by atoms with E-state index in [0.29, 0.717) is 6.04 Å². The van der Waals surface area contributed by atoms with E-state index in [1.54, 1.807) is 0 Å². The molecule has 1 aromatic carbocycles. The fraction of sp³-hybridized carbons (Fsp3) is 0.538. The molecule has 2 rings (SSSR count). The predicted molar refractivity (Wildman–Crippen MR) is 62.4 cm³/mol. The molecule has 0 saturated carbocycles. The number of hydrogen-bond donors (Lipinski definition) is 1. The minimum absolute atomic E-state index is 0.237. The van der Waals surface area contributed by atoms with Crippen molar-refractivity contribution in [2.45, 2.75) is 39.8 Å². The van der Waals surface area contributed by atoms with Gasteiger partial charge in [0.1, 0.15) is 11.9 Å². The Hall–Kier alpha value is -1.02. The number of likely N-dealkylation sites (N-methyl/N-ethyl adjacent to an activating group) is 1. The highest BCUT2D eigenvalue weighted by Gasteiger charge is 2.30. The number of benzene rings is 1. The first-order valence-electron chi connectivity index (χ1n) is 5.64. The predicted octanol–water partition coefficient (Wildman–Crippen LogP) is 2.73. The highest BCUT2D eigenvalue weighted by atomic mass is 16.5. The third-order valence-corrected chi connectivity index (χ3v) is 3.17. The summed E-state index contributed by atoms with van der Waals surface area (Å²) < 4.78 is 5.85. The second-order valence-electron chi connectivity index (χ2n) is 4.33. The molecule has 2 atom stereocenters. The Labute approximate surface area is 91.6 Å². The molecule has 0 aromatic heterocycles. The van der Waals surface area contributed by atoms with Gasteiger partial charge in [0.05, 0.1) is 6.04 Å². The molecule has 2 unspecified atom stereocenters. The van der Waals surface area contributed by atoms with E-state index in [2.05, 4.69) is 45.1 Å². The summed E-state index contributed by atoms with van der Waals surface area (Å²) in [6.07, 6.45) is 0.237. The van der Waals surface area contributed by atoms with Gasteiger partial charge in [-0.25, -0.2) is 0 Å². The smallest absolute Gasteiger partial charge is 0.125 e. The number of nitrogens with one attached hydrogen (secondary N) is 1. The molecule has 2 heteroatoms. The summed E-state index contributed by atoms with van der Waals surface area (Å²) >= 11 is 0. The Morgan fingerprint density at radius 3 is 2.60 bits per heavy atom. The van der Waals surface area contributed by atoms with E-state index in [9.17, 15) is 0 Å². The molecule has 2 nitrogen and oxygen atoms in total. The van der Waals surface area contributed by atoms with E-state index in [-0.39, 0.29) is 6.10 Å². The Kier molecular flexibility index (Phi) is 2.70. The topological polar surface area (TPSA) is 21.3 Å². The lowest BCUT2D eigenvalue weighted by molar-refractivity contribution is 0.211. The van der Waals surface area contributed by atoms with Crippen LogP contribution in [0.15, 0.2) is 12.1 Å². The molecule has 0 aliphatic carbocycles. The fourth-order valence-electron chi connectivity index (χ4n) is 2.17. The van der Waals surface area contributed by atoms with Gasteiger partial charge < -0.3 is 10.1 Å². The van der Waals surface area contributed by atoms with Crippen LogP contribution in [0.4, 0.5) is 0 Å². The van der Waals surface area contributed by atoms with E-state index in [1.807, 2.05) is 0 Å². The molecule has 0 radical (unpaired) electrons. The van der Waals surface area contributed by atoms with Crippen LogP contribution in [0.3, 0.4) is 0 Å². The van der Waals surface area contributed by atoms with Crippen LogP contribution in [0.1, 0.15) is 36.6 Å². The molecule has 0 saturated heterocycles. The average Bonchev–Trinajstić information content (AvgIpc) is 2.46. The van der Waals surface area contributed by atoms with Crippen LogP contribution in [0, 0.1) is 13.8 Å². The first-order valence-corrected chi connectivity index (χ1v) is 5.64. The van der Waals surface area contributed by atoms with Crippen molar-refractivity contribution in [2.24, 2.45) is 0 Å². The summed E-state index contributed by atoms with van der Waals surface area (Å²) in [5.41, 5.74) is 3.96. The molecule has 0 bridgehead atoms. The largest absolute Gasteiger partial charge is 0.488 e. The molecular weight excluding hydrogens is 186 g/mol. The van der Waals surface area contributed by atoms with Gasteiger partial charge >= 0.3 is 0 Å². The summed E-state index contributed by atoms with van der Waals surface area (Å²) in [4.78, 5) is 0. The van der Waals surface area contributed by atoms with Gasteiger partial charge in [0.15, 0.2) is 0 Å². The van der Waals surface area contributed by atoms with Crippen molar-refractivity contribution in [2.75, 3.05) is 6.54 Å². The van der Waals surface area contributed by atoms with Crippen LogP contribution < -0.4 is 10.1 Å². The van der Waals surface area contributed by atoms with Gasteiger partial charge in [-0.2, -0.15) is 0 Å². The number of hydrogen-bond acceptors (Lipinski definition) is 2. The lowest BCUT2D eigenvalue weighted by atomic mass is 9.99. The molecule has 0 amide bonds. The van der Waals surface area contributed by atoms with Gasteiger partial charge in [0.25, 0.3) is 0 Å². The van der Waals surface area contributed by atoms with Gasteiger partial charge in [-0.05, 0) is 44.5 Å². The maximum Gasteiger partial charge on any atom is 0.125 e. The summed E-state index contributed by atoms with van der Waals surface area (Å²) in [5.74, 6) is 1.05. The molecule has 0 fully saturated rings. The van der Waals surface area contributed by atoms with Crippen molar-refractivity contribution in [3.8, 4) is 5.75 Å². The summed E-state index contributed by atoms with van der Waals surface area (Å²) in [7, 11) is 0. The number of aryl methyl sites for hydroxylation is 2. The number of ether oxygens (including phenoxy) is 1.